The minimum atomic E-state index is 0.0296. The number of nitrogens with zero attached hydrogens (tertiary/aromatic N) is 1. The fraction of sp³-hybridized carbons (Fsp3) is 0.941. The Bertz CT molecular complexity index is 319. The van der Waals surface area contributed by atoms with Crippen LogP contribution in [-0.2, 0) is 4.79 Å². The fourth-order valence-electron chi connectivity index (χ4n) is 3.75. The van der Waals surface area contributed by atoms with Gasteiger partial charge in [0.25, 0.3) is 0 Å². The molecular formula is C17H32N2O. The SMILES string of the molecule is CC(C)CC1NC(C(C)C)C(=O)N1C1CCCCCC1. The quantitative estimate of drug-likeness (QED) is 0.799. The van der Waals surface area contributed by atoms with Crippen LogP contribution in [0.3, 0.4) is 0 Å². The average Bonchev–Trinajstić information content (AvgIpc) is 2.55. The Morgan fingerprint density at radius 3 is 2.20 bits per heavy atom. The standard InChI is InChI=1S/C17H32N2O/c1-12(2)11-15-18-16(13(3)4)17(20)19(15)14-9-7-5-6-8-10-14/h12-16,18H,5-11H2,1-4H3. The van der Waals surface area contributed by atoms with Gasteiger partial charge in [-0.05, 0) is 31.1 Å². The third-order valence-electron chi connectivity index (χ3n) is 4.81. The molecule has 3 heteroatoms. The van der Waals surface area contributed by atoms with E-state index < -0.39 is 0 Å². The predicted octanol–water partition coefficient (Wildman–Crippen LogP) is 3.54. The van der Waals surface area contributed by atoms with Crippen LogP contribution >= 0.6 is 0 Å². The molecule has 1 aliphatic heterocycles. The normalized spacial score (nSPS) is 29.5. The van der Waals surface area contributed by atoms with E-state index in [2.05, 4.69) is 37.9 Å². The molecule has 1 aliphatic carbocycles. The minimum Gasteiger partial charge on any atom is -0.323 e. The molecule has 116 valence electrons. The lowest BCUT2D eigenvalue weighted by Gasteiger charge is -2.33. The van der Waals surface area contributed by atoms with Crippen molar-refractivity contribution < 1.29 is 4.79 Å². The van der Waals surface area contributed by atoms with Crippen molar-refractivity contribution in [2.45, 2.75) is 90.9 Å². The van der Waals surface area contributed by atoms with Crippen LogP contribution in [0.15, 0.2) is 0 Å². The highest BCUT2D eigenvalue weighted by atomic mass is 16.2. The molecule has 2 fully saturated rings. The minimum absolute atomic E-state index is 0.0296. The number of hydrogen-bond donors (Lipinski definition) is 1. The van der Waals surface area contributed by atoms with Gasteiger partial charge in [0.15, 0.2) is 0 Å². The van der Waals surface area contributed by atoms with Gasteiger partial charge >= 0.3 is 0 Å². The van der Waals surface area contributed by atoms with E-state index >= 15 is 0 Å². The third-order valence-corrected chi connectivity index (χ3v) is 4.81. The highest BCUT2D eigenvalue weighted by Gasteiger charge is 2.43. The fourth-order valence-corrected chi connectivity index (χ4v) is 3.75. The van der Waals surface area contributed by atoms with Crippen molar-refractivity contribution in [3.05, 3.63) is 0 Å². The van der Waals surface area contributed by atoms with E-state index in [4.69, 9.17) is 0 Å². The molecule has 0 bridgehead atoms. The summed E-state index contributed by atoms with van der Waals surface area (Å²) in [5.74, 6) is 1.37. The maximum Gasteiger partial charge on any atom is 0.241 e. The van der Waals surface area contributed by atoms with Crippen LogP contribution in [0.4, 0.5) is 0 Å². The van der Waals surface area contributed by atoms with E-state index in [1.54, 1.807) is 0 Å². The zero-order valence-electron chi connectivity index (χ0n) is 13.7. The van der Waals surface area contributed by atoms with E-state index in [9.17, 15) is 4.79 Å². The molecule has 1 saturated carbocycles. The monoisotopic (exact) mass is 280 g/mol. The zero-order chi connectivity index (χ0) is 14.7. The van der Waals surface area contributed by atoms with E-state index in [1.807, 2.05) is 0 Å². The Labute approximate surface area is 124 Å². The molecule has 0 aromatic carbocycles. The van der Waals surface area contributed by atoms with Crippen molar-refractivity contribution in [1.82, 2.24) is 10.2 Å². The number of carbonyl (C=O) groups is 1. The van der Waals surface area contributed by atoms with Gasteiger partial charge in [-0.2, -0.15) is 0 Å². The topological polar surface area (TPSA) is 32.3 Å². The van der Waals surface area contributed by atoms with Crippen LogP contribution in [0.1, 0.15) is 72.6 Å². The predicted molar refractivity (Wildman–Crippen MR) is 83.3 cm³/mol. The van der Waals surface area contributed by atoms with Gasteiger partial charge in [-0.1, -0.05) is 53.4 Å². The van der Waals surface area contributed by atoms with Crippen LogP contribution in [-0.4, -0.2) is 29.1 Å². The average molecular weight is 280 g/mol. The molecule has 0 radical (unpaired) electrons. The first-order chi connectivity index (χ1) is 9.50. The lowest BCUT2D eigenvalue weighted by atomic mass is 10.0. The van der Waals surface area contributed by atoms with Gasteiger partial charge in [-0.15, -0.1) is 0 Å². The molecule has 3 nitrogen and oxygen atoms in total. The summed E-state index contributed by atoms with van der Waals surface area (Å²) in [5.41, 5.74) is 0. The molecule has 2 rings (SSSR count). The second kappa shape index (κ2) is 6.93. The number of amides is 1. The molecule has 2 aliphatic rings. The van der Waals surface area contributed by atoms with Crippen LogP contribution in [0.2, 0.25) is 0 Å². The summed E-state index contributed by atoms with van der Waals surface area (Å²) in [7, 11) is 0. The zero-order valence-corrected chi connectivity index (χ0v) is 13.7. The highest BCUT2D eigenvalue weighted by molar-refractivity contribution is 5.85. The van der Waals surface area contributed by atoms with Crippen molar-refractivity contribution >= 4 is 5.91 Å². The molecular weight excluding hydrogens is 248 g/mol. The molecule has 2 unspecified atom stereocenters. The second-order valence-electron chi connectivity index (χ2n) is 7.42. The number of nitrogens with one attached hydrogen (secondary N) is 1. The van der Waals surface area contributed by atoms with Gasteiger partial charge in [0.05, 0.1) is 12.2 Å². The maximum atomic E-state index is 12.8. The molecule has 0 aromatic rings. The molecule has 1 N–H and O–H groups in total. The maximum absolute atomic E-state index is 12.8. The smallest absolute Gasteiger partial charge is 0.241 e. The van der Waals surface area contributed by atoms with Crippen molar-refractivity contribution in [1.29, 1.82) is 0 Å². The molecule has 1 amide bonds. The molecule has 1 heterocycles. The van der Waals surface area contributed by atoms with Crippen LogP contribution < -0.4 is 5.32 Å². The van der Waals surface area contributed by atoms with Gasteiger partial charge in [0.1, 0.15) is 0 Å². The Kier molecular flexibility index (Phi) is 5.48. The summed E-state index contributed by atoms with van der Waals surface area (Å²) < 4.78 is 0. The Balaban J connectivity index is 2.13. The van der Waals surface area contributed by atoms with Gasteiger partial charge < -0.3 is 4.90 Å². The molecule has 20 heavy (non-hydrogen) atoms. The van der Waals surface area contributed by atoms with E-state index in [1.165, 1.54) is 38.5 Å². The molecule has 1 saturated heterocycles. The number of carbonyl (C=O) groups excluding carboxylic acids is 1. The number of hydrogen-bond acceptors (Lipinski definition) is 2. The molecule has 0 aromatic heterocycles. The van der Waals surface area contributed by atoms with E-state index in [-0.39, 0.29) is 12.2 Å². The summed E-state index contributed by atoms with van der Waals surface area (Å²) in [4.78, 5) is 15.0. The van der Waals surface area contributed by atoms with E-state index in [0.29, 0.717) is 23.8 Å². The van der Waals surface area contributed by atoms with Crippen molar-refractivity contribution in [2.24, 2.45) is 11.8 Å². The van der Waals surface area contributed by atoms with Crippen LogP contribution in [0.5, 0.6) is 0 Å². The molecule has 2 atom stereocenters. The van der Waals surface area contributed by atoms with Crippen LogP contribution in [0, 0.1) is 11.8 Å². The first kappa shape index (κ1) is 15.8. The van der Waals surface area contributed by atoms with Gasteiger partial charge in [0.2, 0.25) is 5.91 Å². The van der Waals surface area contributed by atoms with Gasteiger partial charge in [0, 0.05) is 6.04 Å². The summed E-state index contributed by atoms with van der Waals surface area (Å²) in [5, 5.41) is 3.62. The first-order valence-corrected chi connectivity index (χ1v) is 8.59. The van der Waals surface area contributed by atoms with E-state index in [0.717, 1.165) is 6.42 Å². The Morgan fingerprint density at radius 1 is 1.10 bits per heavy atom. The van der Waals surface area contributed by atoms with Crippen LogP contribution in [0.25, 0.3) is 0 Å². The number of rotatable bonds is 4. The lowest BCUT2D eigenvalue weighted by molar-refractivity contribution is -0.133. The third kappa shape index (κ3) is 3.55. The summed E-state index contributed by atoms with van der Waals surface area (Å²) in [6.07, 6.45) is 9.00. The van der Waals surface area contributed by atoms with Crippen molar-refractivity contribution in [3.8, 4) is 0 Å². The molecule has 0 spiro atoms. The Hall–Kier alpha value is -0.570. The summed E-state index contributed by atoms with van der Waals surface area (Å²) >= 11 is 0. The lowest BCUT2D eigenvalue weighted by Crippen LogP contribution is -2.45. The largest absolute Gasteiger partial charge is 0.323 e. The summed E-state index contributed by atoms with van der Waals surface area (Å²) in [6.45, 7) is 8.80. The van der Waals surface area contributed by atoms with Gasteiger partial charge in [-0.25, -0.2) is 0 Å². The second-order valence-corrected chi connectivity index (χ2v) is 7.42. The van der Waals surface area contributed by atoms with Crippen molar-refractivity contribution in [3.63, 3.8) is 0 Å². The summed E-state index contributed by atoms with van der Waals surface area (Å²) in [6, 6.07) is 0.506. The van der Waals surface area contributed by atoms with Crippen molar-refractivity contribution in [2.75, 3.05) is 0 Å². The van der Waals surface area contributed by atoms with Gasteiger partial charge in [-0.3, -0.25) is 10.1 Å². The first-order valence-electron chi connectivity index (χ1n) is 8.59. The highest BCUT2D eigenvalue weighted by Crippen LogP contribution is 2.30. The Morgan fingerprint density at radius 2 is 1.70 bits per heavy atom.